The van der Waals surface area contributed by atoms with Crippen molar-refractivity contribution >= 4 is 0 Å². The van der Waals surface area contributed by atoms with E-state index in [0.717, 1.165) is 51.3 Å². The van der Waals surface area contributed by atoms with Crippen molar-refractivity contribution in [3.05, 3.63) is 65.5 Å². The molecule has 1 unspecified atom stereocenters. The molecule has 2 aromatic rings. The van der Waals surface area contributed by atoms with E-state index < -0.39 is 0 Å². The van der Waals surface area contributed by atoms with Crippen LogP contribution in [-0.4, -0.2) is 49.1 Å². The molecule has 0 spiro atoms. The minimum Gasteiger partial charge on any atom is -0.490 e. The predicted molar refractivity (Wildman–Crippen MR) is 107 cm³/mol. The van der Waals surface area contributed by atoms with Crippen LogP contribution >= 0.6 is 0 Å². The average Bonchev–Trinajstić information content (AvgIpc) is 2.69. The fraction of sp³-hybridized carbons (Fsp3) is 0.478. The third-order valence-electron chi connectivity index (χ3n) is 5.91. The van der Waals surface area contributed by atoms with Gasteiger partial charge in [0.1, 0.15) is 17.7 Å². The molecule has 0 aliphatic carbocycles. The first-order chi connectivity index (χ1) is 13.2. The normalized spacial score (nSPS) is 21.8. The zero-order chi connectivity index (χ0) is 18.6. The topological polar surface area (TPSA) is 15.7 Å². The summed E-state index contributed by atoms with van der Waals surface area (Å²) in [6.07, 6.45) is 3.54. The van der Waals surface area contributed by atoms with Gasteiger partial charge >= 0.3 is 0 Å². The Morgan fingerprint density at radius 1 is 1.04 bits per heavy atom. The van der Waals surface area contributed by atoms with Crippen molar-refractivity contribution in [2.45, 2.75) is 37.8 Å². The molecule has 2 aromatic carbocycles. The first-order valence-corrected chi connectivity index (χ1v) is 10.1. The Morgan fingerprint density at radius 3 is 2.56 bits per heavy atom. The molecule has 3 nitrogen and oxygen atoms in total. The Bertz CT molecular complexity index is 740. The van der Waals surface area contributed by atoms with Crippen molar-refractivity contribution in [2.75, 3.05) is 33.2 Å². The molecule has 27 heavy (non-hydrogen) atoms. The lowest BCUT2D eigenvalue weighted by Crippen LogP contribution is -2.40. The molecule has 0 saturated carbocycles. The minimum atomic E-state index is -0.216. The summed E-state index contributed by atoms with van der Waals surface area (Å²) in [6, 6.07) is 15.3. The van der Waals surface area contributed by atoms with Crippen LogP contribution in [0.25, 0.3) is 0 Å². The molecule has 1 atom stereocenters. The van der Waals surface area contributed by atoms with Gasteiger partial charge in [0, 0.05) is 26.2 Å². The summed E-state index contributed by atoms with van der Waals surface area (Å²) in [5, 5.41) is 0. The first kappa shape index (κ1) is 18.5. The Morgan fingerprint density at radius 2 is 1.78 bits per heavy atom. The molecule has 4 rings (SSSR count). The molecule has 0 radical (unpaired) electrons. The molecule has 4 heteroatoms. The van der Waals surface area contributed by atoms with Crippen LogP contribution in [0.15, 0.2) is 48.5 Å². The number of halogens is 1. The lowest BCUT2D eigenvalue weighted by Gasteiger charge is -2.36. The van der Waals surface area contributed by atoms with Crippen LogP contribution < -0.4 is 4.74 Å². The Labute approximate surface area is 161 Å². The Hall–Kier alpha value is -1.91. The van der Waals surface area contributed by atoms with Gasteiger partial charge in [-0.05, 0) is 74.2 Å². The quantitative estimate of drug-likeness (QED) is 0.783. The number of hydrogen-bond donors (Lipinski definition) is 0. The van der Waals surface area contributed by atoms with E-state index in [-0.39, 0.29) is 11.9 Å². The molecule has 144 valence electrons. The lowest BCUT2D eigenvalue weighted by molar-refractivity contribution is 0.0974. The van der Waals surface area contributed by atoms with Crippen LogP contribution in [-0.2, 0) is 6.54 Å². The molecule has 2 aliphatic heterocycles. The minimum absolute atomic E-state index is 0.216. The van der Waals surface area contributed by atoms with Crippen LogP contribution in [0.1, 0.15) is 36.3 Å². The van der Waals surface area contributed by atoms with Gasteiger partial charge in [0.2, 0.25) is 0 Å². The van der Waals surface area contributed by atoms with E-state index in [4.69, 9.17) is 4.74 Å². The van der Waals surface area contributed by atoms with Gasteiger partial charge in [-0.1, -0.05) is 24.3 Å². The molecule has 1 saturated heterocycles. The second kappa shape index (κ2) is 8.41. The molecule has 0 N–H and O–H groups in total. The van der Waals surface area contributed by atoms with Gasteiger partial charge in [0.15, 0.2) is 0 Å². The highest BCUT2D eigenvalue weighted by Gasteiger charge is 2.25. The smallest absolute Gasteiger partial charge is 0.123 e. The van der Waals surface area contributed by atoms with Gasteiger partial charge in [-0.25, -0.2) is 4.39 Å². The fourth-order valence-electron chi connectivity index (χ4n) is 4.45. The van der Waals surface area contributed by atoms with Gasteiger partial charge in [-0.3, -0.25) is 0 Å². The molecule has 0 aromatic heterocycles. The van der Waals surface area contributed by atoms with Crippen LogP contribution in [0.3, 0.4) is 0 Å². The maximum atomic E-state index is 13.0. The van der Waals surface area contributed by atoms with Gasteiger partial charge in [-0.2, -0.15) is 0 Å². The van der Waals surface area contributed by atoms with E-state index in [9.17, 15) is 4.39 Å². The second-order valence-corrected chi connectivity index (χ2v) is 7.99. The highest BCUT2D eigenvalue weighted by Crippen LogP contribution is 2.30. The maximum absolute atomic E-state index is 13.0. The molecule has 2 heterocycles. The Kier molecular flexibility index (Phi) is 5.74. The largest absolute Gasteiger partial charge is 0.490 e. The average molecular weight is 368 g/mol. The Balaban J connectivity index is 1.26. The number of hydrogen-bond acceptors (Lipinski definition) is 3. The van der Waals surface area contributed by atoms with Crippen molar-refractivity contribution in [2.24, 2.45) is 0 Å². The summed E-state index contributed by atoms with van der Waals surface area (Å²) in [4.78, 5) is 5.01. The number of ether oxygens (including phenoxy) is 1. The van der Waals surface area contributed by atoms with Crippen LogP contribution in [0.2, 0.25) is 0 Å². The molecule has 2 aliphatic rings. The molecular weight excluding hydrogens is 339 g/mol. The van der Waals surface area contributed by atoms with Crippen molar-refractivity contribution in [1.82, 2.24) is 9.80 Å². The summed E-state index contributed by atoms with van der Waals surface area (Å²) >= 11 is 0. The van der Waals surface area contributed by atoms with E-state index in [2.05, 4.69) is 41.1 Å². The number of fused-ring (bicyclic) bond motifs is 1. The number of nitrogens with zero attached hydrogens (tertiary/aromatic N) is 2. The third-order valence-corrected chi connectivity index (χ3v) is 5.91. The summed E-state index contributed by atoms with van der Waals surface area (Å²) in [7, 11) is 2.22. The summed E-state index contributed by atoms with van der Waals surface area (Å²) in [5.74, 6) is 1.19. The summed E-state index contributed by atoms with van der Waals surface area (Å²) < 4.78 is 19.0. The van der Waals surface area contributed by atoms with Crippen molar-refractivity contribution in [3.8, 4) is 5.75 Å². The number of likely N-dealkylation sites (N-methyl/N-ethyl adjacent to an activating group) is 1. The standard InChI is InChI=1S/C23H29FN2O/c1-25-16-18-4-2-3-5-23(18)19(17-25)10-13-26-14-11-22(12-15-26)27-21-8-6-20(24)7-9-21/h2-9,19,22H,10-17H2,1H3. The van der Waals surface area contributed by atoms with Gasteiger partial charge in [0.25, 0.3) is 0 Å². The van der Waals surface area contributed by atoms with E-state index in [1.54, 1.807) is 17.7 Å². The number of likely N-dealkylation sites (tertiary alicyclic amines) is 1. The van der Waals surface area contributed by atoms with E-state index in [0.29, 0.717) is 5.92 Å². The number of rotatable bonds is 5. The van der Waals surface area contributed by atoms with Crippen LogP contribution in [0.4, 0.5) is 4.39 Å². The van der Waals surface area contributed by atoms with Crippen molar-refractivity contribution < 1.29 is 9.13 Å². The molecular formula is C23H29FN2O. The summed E-state index contributed by atoms with van der Waals surface area (Å²) in [6.45, 7) is 5.53. The predicted octanol–water partition coefficient (Wildman–Crippen LogP) is 4.29. The van der Waals surface area contributed by atoms with Gasteiger partial charge in [-0.15, -0.1) is 0 Å². The fourth-order valence-corrected chi connectivity index (χ4v) is 4.45. The number of piperidine rings is 1. The second-order valence-electron chi connectivity index (χ2n) is 7.99. The van der Waals surface area contributed by atoms with E-state index in [1.165, 1.54) is 24.1 Å². The third kappa shape index (κ3) is 4.69. The molecule has 0 bridgehead atoms. The first-order valence-electron chi connectivity index (χ1n) is 10.1. The van der Waals surface area contributed by atoms with Crippen LogP contribution in [0.5, 0.6) is 5.75 Å². The zero-order valence-electron chi connectivity index (χ0n) is 16.1. The highest BCUT2D eigenvalue weighted by molar-refractivity contribution is 5.32. The SMILES string of the molecule is CN1Cc2ccccc2C(CCN2CCC(Oc3ccc(F)cc3)CC2)C1. The molecule has 1 fully saturated rings. The zero-order valence-corrected chi connectivity index (χ0v) is 16.1. The monoisotopic (exact) mass is 368 g/mol. The van der Waals surface area contributed by atoms with Crippen molar-refractivity contribution in [3.63, 3.8) is 0 Å². The van der Waals surface area contributed by atoms with Crippen molar-refractivity contribution in [1.29, 1.82) is 0 Å². The maximum Gasteiger partial charge on any atom is 0.123 e. The van der Waals surface area contributed by atoms with Gasteiger partial charge < -0.3 is 14.5 Å². The molecule has 0 amide bonds. The summed E-state index contributed by atoms with van der Waals surface area (Å²) in [5.41, 5.74) is 3.03. The lowest BCUT2D eigenvalue weighted by atomic mass is 9.87. The van der Waals surface area contributed by atoms with Gasteiger partial charge in [0.05, 0.1) is 0 Å². The number of benzene rings is 2. The van der Waals surface area contributed by atoms with E-state index >= 15 is 0 Å². The highest BCUT2D eigenvalue weighted by atomic mass is 19.1. The van der Waals surface area contributed by atoms with E-state index in [1.807, 2.05) is 0 Å². The van der Waals surface area contributed by atoms with Crippen LogP contribution in [0, 0.1) is 5.82 Å².